The first-order valence-corrected chi connectivity index (χ1v) is 6.00. The molecule has 2 aromatic rings. The largest absolute Gasteiger partial charge is 0.395 e. The van der Waals surface area contributed by atoms with Gasteiger partial charge in [-0.05, 0) is 12.3 Å². The molecule has 0 aromatic carbocycles. The van der Waals surface area contributed by atoms with Crippen LogP contribution in [-0.2, 0) is 6.54 Å². The van der Waals surface area contributed by atoms with Gasteiger partial charge < -0.3 is 5.11 Å². The quantitative estimate of drug-likeness (QED) is 0.622. The predicted octanol–water partition coefficient (Wildman–Crippen LogP) is 0.506. The summed E-state index contributed by atoms with van der Waals surface area (Å²) >= 11 is 1.42. The van der Waals surface area contributed by atoms with Crippen molar-refractivity contribution in [2.24, 2.45) is 0 Å². The molecule has 0 amide bonds. The Bertz CT molecular complexity index is 567. The molecule has 0 spiro atoms. The fraction of sp³-hybridized carbons (Fsp3) is 0.300. The second-order valence-electron chi connectivity index (χ2n) is 3.18. The van der Waals surface area contributed by atoms with Crippen molar-refractivity contribution in [1.82, 2.24) is 14.5 Å². The Balaban J connectivity index is 2.72. The summed E-state index contributed by atoms with van der Waals surface area (Å²) in [5.41, 5.74) is 0.410. The van der Waals surface area contributed by atoms with E-state index in [1.807, 2.05) is 6.26 Å². The third-order valence-electron chi connectivity index (χ3n) is 2.21. The Morgan fingerprint density at radius 3 is 3.00 bits per heavy atom. The number of aliphatic hydroxyl groups is 1. The average molecular weight is 237 g/mol. The van der Waals surface area contributed by atoms with Gasteiger partial charge in [0.1, 0.15) is 5.65 Å². The molecule has 5 nitrogen and oxygen atoms in total. The molecule has 1 N–H and O–H groups in total. The van der Waals surface area contributed by atoms with Crippen molar-refractivity contribution < 1.29 is 5.11 Å². The Morgan fingerprint density at radius 1 is 1.50 bits per heavy atom. The summed E-state index contributed by atoms with van der Waals surface area (Å²) in [5.74, 6) is 0. The molecular weight excluding hydrogens is 226 g/mol. The van der Waals surface area contributed by atoms with Gasteiger partial charge >= 0.3 is 0 Å². The second kappa shape index (κ2) is 4.63. The number of aliphatic hydroxyl groups excluding tert-OH is 1. The molecule has 2 aromatic heterocycles. The molecule has 0 aliphatic rings. The number of pyridine rings is 1. The summed E-state index contributed by atoms with van der Waals surface area (Å²) in [7, 11) is 0. The van der Waals surface area contributed by atoms with Gasteiger partial charge in [-0.1, -0.05) is 11.8 Å². The van der Waals surface area contributed by atoms with Crippen molar-refractivity contribution in [3.8, 4) is 0 Å². The Labute approximate surface area is 96.2 Å². The lowest BCUT2D eigenvalue weighted by Gasteiger charge is -2.07. The lowest BCUT2D eigenvalue weighted by molar-refractivity contribution is 0.276. The zero-order valence-corrected chi connectivity index (χ0v) is 9.57. The molecule has 2 heterocycles. The van der Waals surface area contributed by atoms with Crippen molar-refractivity contribution in [3.05, 3.63) is 28.7 Å². The number of fused-ring (bicyclic) bond motifs is 1. The van der Waals surface area contributed by atoms with Crippen LogP contribution in [0.15, 0.2) is 28.3 Å². The predicted molar refractivity (Wildman–Crippen MR) is 62.7 cm³/mol. The zero-order valence-electron chi connectivity index (χ0n) is 8.75. The summed E-state index contributed by atoms with van der Waals surface area (Å²) in [4.78, 5) is 20.0. The molecule has 0 saturated carbocycles. The summed E-state index contributed by atoms with van der Waals surface area (Å²) in [5, 5.41) is 10.3. The van der Waals surface area contributed by atoms with Crippen LogP contribution >= 0.6 is 11.8 Å². The maximum Gasteiger partial charge on any atom is 0.252 e. The molecule has 0 aliphatic carbocycles. The third-order valence-corrected chi connectivity index (χ3v) is 2.77. The van der Waals surface area contributed by atoms with Gasteiger partial charge in [-0.3, -0.25) is 9.36 Å². The fourth-order valence-corrected chi connectivity index (χ4v) is 1.81. The van der Waals surface area contributed by atoms with Gasteiger partial charge in [0.2, 0.25) is 0 Å². The molecule has 0 saturated heterocycles. The maximum absolute atomic E-state index is 11.6. The molecule has 16 heavy (non-hydrogen) atoms. The van der Waals surface area contributed by atoms with Crippen molar-refractivity contribution in [3.63, 3.8) is 0 Å². The van der Waals surface area contributed by atoms with Crippen LogP contribution in [0, 0.1) is 0 Å². The van der Waals surface area contributed by atoms with E-state index in [1.54, 1.807) is 12.3 Å². The van der Waals surface area contributed by atoms with Crippen LogP contribution in [0.1, 0.15) is 0 Å². The van der Waals surface area contributed by atoms with Crippen molar-refractivity contribution in [2.45, 2.75) is 11.7 Å². The van der Waals surface area contributed by atoms with Crippen LogP contribution in [0.3, 0.4) is 0 Å². The maximum atomic E-state index is 11.6. The standard InChI is InChI=1S/C10H11N3O2S/c1-16-10-11-6-7-2-3-8(15)13(4-5-14)9(7)12-10/h2-3,6,14H,4-5H2,1H3. The van der Waals surface area contributed by atoms with Crippen LogP contribution in [0.5, 0.6) is 0 Å². The van der Waals surface area contributed by atoms with E-state index >= 15 is 0 Å². The van der Waals surface area contributed by atoms with Gasteiger partial charge in [-0.15, -0.1) is 0 Å². The van der Waals surface area contributed by atoms with Crippen molar-refractivity contribution in [2.75, 3.05) is 12.9 Å². The number of thioether (sulfide) groups is 1. The van der Waals surface area contributed by atoms with Gasteiger partial charge in [0.25, 0.3) is 5.56 Å². The second-order valence-corrected chi connectivity index (χ2v) is 3.96. The van der Waals surface area contributed by atoms with E-state index in [2.05, 4.69) is 9.97 Å². The summed E-state index contributed by atoms with van der Waals surface area (Å²) in [6.45, 7) is 0.165. The lowest BCUT2D eigenvalue weighted by atomic mass is 10.3. The zero-order chi connectivity index (χ0) is 11.5. The van der Waals surface area contributed by atoms with E-state index < -0.39 is 0 Å². The molecule has 0 aliphatic heterocycles. The lowest BCUT2D eigenvalue weighted by Crippen LogP contribution is -2.21. The van der Waals surface area contributed by atoms with E-state index in [-0.39, 0.29) is 18.7 Å². The summed E-state index contributed by atoms with van der Waals surface area (Å²) in [6, 6.07) is 3.15. The minimum Gasteiger partial charge on any atom is -0.395 e. The van der Waals surface area contributed by atoms with Crippen LogP contribution < -0.4 is 5.56 Å². The first kappa shape index (κ1) is 11.1. The molecule has 0 radical (unpaired) electrons. The van der Waals surface area contributed by atoms with Crippen LogP contribution in [0.4, 0.5) is 0 Å². The van der Waals surface area contributed by atoms with E-state index in [4.69, 9.17) is 5.11 Å². The highest BCUT2D eigenvalue weighted by Gasteiger charge is 2.05. The van der Waals surface area contributed by atoms with Crippen LogP contribution in [0.2, 0.25) is 0 Å². The number of hydrogen-bond donors (Lipinski definition) is 1. The SMILES string of the molecule is CSc1ncc2ccc(=O)n(CCO)c2n1. The van der Waals surface area contributed by atoms with Gasteiger partial charge in [-0.25, -0.2) is 9.97 Å². The monoisotopic (exact) mass is 237 g/mol. The minimum absolute atomic E-state index is 0.0857. The molecule has 84 valence electrons. The first-order valence-electron chi connectivity index (χ1n) is 4.77. The number of nitrogens with zero attached hydrogens (tertiary/aromatic N) is 3. The van der Waals surface area contributed by atoms with Crippen molar-refractivity contribution >= 4 is 22.8 Å². The average Bonchev–Trinajstić information content (AvgIpc) is 2.32. The Kier molecular flexibility index (Phi) is 3.21. The fourth-order valence-electron chi connectivity index (χ4n) is 1.47. The third kappa shape index (κ3) is 1.94. The van der Waals surface area contributed by atoms with E-state index in [1.165, 1.54) is 22.4 Å². The molecule has 0 unspecified atom stereocenters. The number of rotatable bonds is 3. The Hall–Kier alpha value is -1.40. The first-order chi connectivity index (χ1) is 7.76. The molecule has 6 heteroatoms. The van der Waals surface area contributed by atoms with E-state index in [0.717, 1.165) is 5.39 Å². The van der Waals surface area contributed by atoms with Gasteiger partial charge in [0.05, 0.1) is 13.2 Å². The van der Waals surface area contributed by atoms with Crippen LogP contribution in [-0.4, -0.2) is 32.5 Å². The van der Waals surface area contributed by atoms with E-state index in [9.17, 15) is 4.79 Å². The summed E-state index contributed by atoms with van der Waals surface area (Å²) < 4.78 is 1.46. The van der Waals surface area contributed by atoms with Gasteiger partial charge in [0, 0.05) is 17.6 Å². The normalized spacial score (nSPS) is 10.9. The van der Waals surface area contributed by atoms with Gasteiger partial charge in [0.15, 0.2) is 5.16 Å². The number of aromatic nitrogens is 3. The molecule has 0 bridgehead atoms. The topological polar surface area (TPSA) is 68.0 Å². The number of hydrogen-bond acceptors (Lipinski definition) is 5. The summed E-state index contributed by atoms with van der Waals surface area (Å²) in [6.07, 6.45) is 3.56. The minimum atomic E-state index is -0.160. The van der Waals surface area contributed by atoms with E-state index in [0.29, 0.717) is 10.8 Å². The molecular formula is C10H11N3O2S. The molecule has 0 fully saturated rings. The smallest absolute Gasteiger partial charge is 0.252 e. The molecule has 2 rings (SSSR count). The molecule has 0 atom stereocenters. The highest BCUT2D eigenvalue weighted by molar-refractivity contribution is 7.98. The van der Waals surface area contributed by atoms with Crippen LogP contribution in [0.25, 0.3) is 11.0 Å². The van der Waals surface area contributed by atoms with Gasteiger partial charge in [-0.2, -0.15) is 0 Å². The highest BCUT2D eigenvalue weighted by atomic mass is 32.2. The van der Waals surface area contributed by atoms with Crippen molar-refractivity contribution in [1.29, 1.82) is 0 Å². The Morgan fingerprint density at radius 2 is 2.31 bits per heavy atom. The highest BCUT2D eigenvalue weighted by Crippen LogP contribution is 2.13.